The number of carbonyl (C=O) groups excluding carboxylic acids is 2. The minimum atomic E-state index is -1.14. The topological polar surface area (TPSA) is 141 Å². The van der Waals surface area contributed by atoms with E-state index in [4.69, 9.17) is 4.74 Å². The fourth-order valence-corrected chi connectivity index (χ4v) is 9.47. The number of aliphatic carboxylic acids is 1. The van der Waals surface area contributed by atoms with Crippen molar-refractivity contribution in [3.05, 3.63) is 88.6 Å². The van der Waals surface area contributed by atoms with E-state index in [9.17, 15) is 29.7 Å². The highest BCUT2D eigenvalue weighted by Crippen LogP contribution is 2.43. The minimum Gasteiger partial charge on any atom is -0.858 e. The van der Waals surface area contributed by atoms with E-state index in [0.717, 1.165) is 77.2 Å². The largest absolute Gasteiger partial charge is 0.858 e. The van der Waals surface area contributed by atoms with Crippen LogP contribution in [-0.4, -0.2) is 108 Å². The van der Waals surface area contributed by atoms with Crippen LogP contribution in [0.1, 0.15) is 40.9 Å². The summed E-state index contributed by atoms with van der Waals surface area (Å²) in [7, 11) is 1.61. The molecule has 0 spiro atoms. The van der Waals surface area contributed by atoms with Gasteiger partial charge < -0.3 is 29.0 Å². The second kappa shape index (κ2) is 11.7. The summed E-state index contributed by atoms with van der Waals surface area (Å²) in [6, 6.07) is 18.5. The van der Waals surface area contributed by atoms with Gasteiger partial charge >= 0.3 is 11.9 Å². The molecule has 1 aliphatic carbocycles. The monoisotopic (exact) mass is 678 g/mol. The lowest BCUT2D eigenvalue weighted by Crippen LogP contribution is -3.25. The minimum absolute atomic E-state index is 0.0406. The number of carbonyl (C=O) groups is 3. The van der Waals surface area contributed by atoms with Gasteiger partial charge in [-0.1, -0.05) is 25.1 Å². The Kier molecular flexibility index (Phi) is 7.61. The number of nitrogens with one attached hydrogen (secondary N) is 1. The average Bonchev–Trinajstić information content (AvgIpc) is 3.52. The smallest absolute Gasteiger partial charge is 0.391 e. The molecular formula is C39H42N4O7+2. The Morgan fingerprint density at radius 2 is 1.60 bits per heavy atom. The molecule has 50 heavy (non-hydrogen) atoms. The molecule has 1 unspecified atom stereocenters. The van der Waals surface area contributed by atoms with Crippen LogP contribution in [0.5, 0.6) is 5.75 Å². The number of aliphatic imine (C=N–C) groups is 1. The molecule has 3 aromatic rings. The Bertz CT molecular complexity index is 1990. The number of carboxylic acids is 1. The van der Waals surface area contributed by atoms with Crippen LogP contribution in [-0.2, 0) is 16.1 Å². The number of methoxy groups -OCH3 is 1. The zero-order valence-electron chi connectivity index (χ0n) is 28.5. The predicted octanol–water partition coefficient (Wildman–Crippen LogP) is 1.39. The maximum absolute atomic E-state index is 13.7. The summed E-state index contributed by atoms with van der Waals surface area (Å²) in [5.74, 6) is -1.70. The second-order valence-electron chi connectivity index (χ2n) is 15.0. The van der Waals surface area contributed by atoms with Gasteiger partial charge in [-0.05, 0) is 66.1 Å². The lowest BCUT2D eigenvalue weighted by atomic mass is 9.76. The summed E-state index contributed by atoms with van der Waals surface area (Å²) >= 11 is 0. The molecule has 258 valence electrons. The molecule has 1 amide bonds. The molecule has 2 bridgehead atoms. The number of nitrogens with zero attached hydrogens (tertiary/aromatic N) is 3. The number of carboxylic acid groups (broad SMARTS) is 1. The number of amides is 1. The van der Waals surface area contributed by atoms with E-state index in [1.54, 1.807) is 50.4 Å². The van der Waals surface area contributed by atoms with Crippen molar-refractivity contribution < 1.29 is 48.3 Å². The van der Waals surface area contributed by atoms with Crippen molar-refractivity contribution in [3.8, 4) is 16.9 Å². The first-order valence-electron chi connectivity index (χ1n) is 17.4. The van der Waals surface area contributed by atoms with Gasteiger partial charge in [0.25, 0.3) is 0 Å². The van der Waals surface area contributed by atoms with E-state index in [1.807, 2.05) is 25.1 Å². The van der Waals surface area contributed by atoms with E-state index >= 15 is 0 Å². The molecule has 5 heterocycles. The standard InChI is InChI=1S/C39H40N4O7/c1-22-33(36(39(48)49)41-35(22)34(23(2)44)38(41)47)25-5-11-29-30(19-25)28-10-4-24(18-31(28)37(29)46)20-42-12-15-43(16-13-42,17-14-42)21-32(45)40-26-6-8-27(50-3)9-7-26/h4-11,18-19,22-23,34-35,44H,12-17,20-21H2,1-3H3/p+2/t22-,23+,34+,35+,42?,43?/m0/s1. The van der Waals surface area contributed by atoms with E-state index in [1.165, 1.54) is 0 Å². The van der Waals surface area contributed by atoms with Gasteiger partial charge in [0.2, 0.25) is 5.70 Å². The van der Waals surface area contributed by atoms with Crippen molar-refractivity contribution >= 4 is 34.8 Å². The number of rotatable bonds is 9. The Hall–Kier alpha value is -4.68. The first-order valence-corrected chi connectivity index (χ1v) is 17.4. The third-order valence-corrected chi connectivity index (χ3v) is 12.2. The zero-order valence-corrected chi connectivity index (χ0v) is 28.5. The van der Waals surface area contributed by atoms with Crippen LogP contribution in [0, 0.1) is 11.8 Å². The van der Waals surface area contributed by atoms with E-state index < -0.39 is 18.0 Å². The number of ether oxygens (including phenoxy) is 1. The summed E-state index contributed by atoms with van der Waals surface area (Å²) in [6.07, 6.45) is -0.857. The number of aliphatic hydroxyl groups excluding tert-OH is 1. The Morgan fingerprint density at radius 1 is 0.940 bits per heavy atom. The number of fused-ring (bicyclic) bond motifs is 7. The maximum atomic E-state index is 13.7. The van der Waals surface area contributed by atoms with Crippen molar-refractivity contribution in [2.24, 2.45) is 16.8 Å². The molecule has 0 aromatic heterocycles. The number of hydrogen-bond donors (Lipinski definition) is 3. The van der Waals surface area contributed by atoms with Crippen LogP contribution in [0.2, 0.25) is 0 Å². The average molecular weight is 679 g/mol. The highest BCUT2D eigenvalue weighted by Gasteiger charge is 2.66. The molecule has 4 saturated heterocycles. The van der Waals surface area contributed by atoms with Crippen molar-refractivity contribution in [1.29, 1.82) is 0 Å². The molecule has 11 heteroatoms. The van der Waals surface area contributed by atoms with Crippen LogP contribution in [0.25, 0.3) is 16.7 Å². The summed E-state index contributed by atoms with van der Waals surface area (Å²) in [5.41, 5.74) is 5.92. The number of aliphatic hydroxyl groups is 1. The Balaban J connectivity index is 0.994. The first-order chi connectivity index (χ1) is 23.9. The van der Waals surface area contributed by atoms with Crippen molar-refractivity contribution in [1.82, 2.24) is 0 Å². The molecule has 5 aliphatic heterocycles. The molecule has 4 fully saturated rings. The molecule has 0 saturated carbocycles. The van der Waals surface area contributed by atoms with Crippen LogP contribution in [0.4, 0.5) is 5.69 Å². The number of quaternary nitrogens is 3. The number of β-lactam (4-membered cyclic amide) rings is 1. The molecule has 3 aromatic carbocycles. The van der Waals surface area contributed by atoms with E-state index in [0.29, 0.717) is 39.4 Å². The van der Waals surface area contributed by atoms with Crippen molar-refractivity contribution in [2.75, 3.05) is 52.9 Å². The fourth-order valence-electron chi connectivity index (χ4n) is 9.47. The number of ketones is 1. The Morgan fingerprint density at radius 3 is 2.24 bits per heavy atom. The maximum Gasteiger partial charge on any atom is 0.391 e. The van der Waals surface area contributed by atoms with Gasteiger partial charge in [-0.3, -0.25) is 9.79 Å². The van der Waals surface area contributed by atoms with Crippen molar-refractivity contribution in [2.45, 2.75) is 32.5 Å². The van der Waals surface area contributed by atoms with E-state index in [-0.39, 0.29) is 35.2 Å². The molecule has 0 radical (unpaired) electrons. The van der Waals surface area contributed by atoms with Crippen LogP contribution in [0.15, 0.2) is 71.4 Å². The molecule has 6 aliphatic rings. The quantitative estimate of drug-likeness (QED) is 0.105. The first kappa shape index (κ1) is 32.5. The molecule has 5 atom stereocenters. The van der Waals surface area contributed by atoms with E-state index in [2.05, 4.69) is 11.1 Å². The fraction of sp³-hybridized carbons (Fsp3) is 0.385. The van der Waals surface area contributed by atoms with Gasteiger partial charge in [-0.15, -0.1) is 0 Å². The third kappa shape index (κ3) is 5.02. The molecule has 3 N–H and O–H groups in total. The molecule has 11 nitrogen and oxygen atoms in total. The van der Waals surface area contributed by atoms with Gasteiger partial charge in [0.15, 0.2) is 11.7 Å². The SMILES string of the molecule is COc1ccc(N=C([O-])C[N+]23CC[N+](Cc4ccc5c(c4)C(=O)c4ccc(C6=C(C(=O)O)[NH+]7C(=O)[C@H]([C@@H](C)O)[C@H]7[C@H]6C)cc4-5)(CC2)CC3)cc1. The van der Waals surface area contributed by atoms with Gasteiger partial charge in [-0.25, -0.2) is 14.5 Å². The number of benzene rings is 3. The second-order valence-corrected chi connectivity index (χ2v) is 15.0. The predicted molar refractivity (Wildman–Crippen MR) is 182 cm³/mol. The normalized spacial score (nSPS) is 30.1. The number of piperazine rings is 3. The zero-order chi connectivity index (χ0) is 35.1. The van der Waals surface area contributed by atoms with Crippen LogP contribution < -0.4 is 14.7 Å². The van der Waals surface area contributed by atoms with Crippen LogP contribution in [0.3, 0.4) is 0 Å². The van der Waals surface area contributed by atoms with Gasteiger partial charge in [-0.2, -0.15) is 0 Å². The third-order valence-electron chi connectivity index (χ3n) is 12.2. The van der Waals surface area contributed by atoms with Gasteiger partial charge in [0.1, 0.15) is 64.1 Å². The highest BCUT2D eigenvalue weighted by molar-refractivity contribution is 6.22. The van der Waals surface area contributed by atoms with Crippen molar-refractivity contribution in [3.63, 3.8) is 0 Å². The van der Waals surface area contributed by atoms with Crippen LogP contribution >= 0.6 is 0 Å². The van der Waals surface area contributed by atoms with Gasteiger partial charge in [0.05, 0.1) is 18.9 Å². The highest BCUT2D eigenvalue weighted by atomic mass is 16.5. The number of hydrogen-bond acceptors (Lipinski definition) is 7. The summed E-state index contributed by atoms with van der Waals surface area (Å²) in [6.45, 7) is 10.3. The summed E-state index contributed by atoms with van der Waals surface area (Å²) in [5, 5.41) is 33.4. The lowest BCUT2D eigenvalue weighted by molar-refractivity contribution is -1.08. The summed E-state index contributed by atoms with van der Waals surface area (Å²) in [4.78, 5) is 43.7. The van der Waals surface area contributed by atoms with Gasteiger partial charge in [0, 0.05) is 34.1 Å². The lowest BCUT2D eigenvalue weighted by Gasteiger charge is -2.56. The Labute approximate surface area is 290 Å². The molecular weight excluding hydrogens is 636 g/mol. The molecule has 9 rings (SSSR count). The summed E-state index contributed by atoms with van der Waals surface area (Å²) < 4.78 is 6.90.